The van der Waals surface area contributed by atoms with Gasteiger partial charge in [-0.2, -0.15) is 0 Å². The lowest BCUT2D eigenvalue weighted by Crippen LogP contribution is -2.38. The van der Waals surface area contributed by atoms with E-state index in [9.17, 15) is 14.4 Å². The Morgan fingerprint density at radius 3 is 2.21 bits per heavy atom. The molecule has 1 aliphatic rings. The highest BCUT2D eigenvalue weighted by atomic mass is 16.5. The Bertz CT molecular complexity index is 1170. The molecule has 6 heteroatoms. The number of nitrogens with zero attached hydrogens (tertiary/aromatic N) is 2. The molecule has 0 radical (unpaired) electrons. The molecule has 6 nitrogen and oxygen atoms in total. The van der Waals surface area contributed by atoms with Crippen LogP contribution in [0, 0.1) is 6.92 Å². The summed E-state index contributed by atoms with van der Waals surface area (Å²) in [4.78, 5) is 38.5. The van der Waals surface area contributed by atoms with E-state index in [-0.39, 0.29) is 11.7 Å². The number of rotatable bonds is 3. The van der Waals surface area contributed by atoms with E-state index in [0.29, 0.717) is 11.1 Å². The number of aryl methyl sites for hydroxylation is 1. The van der Waals surface area contributed by atoms with Gasteiger partial charge in [0.05, 0.1) is 11.5 Å². The number of aromatic nitrogens is 2. The van der Waals surface area contributed by atoms with Crippen molar-refractivity contribution < 1.29 is 9.53 Å². The number of carbonyl (C=O) groups excluding carboxylic acids is 1. The lowest BCUT2D eigenvalue weighted by atomic mass is 9.85. The van der Waals surface area contributed by atoms with Crippen LogP contribution in [0.1, 0.15) is 33.0 Å². The fourth-order valence-corrected chi connectivity index (χ4v) is 3.69. The van der Waals surface area contributed by atoms with Crippen LogP contribution < -0.4 is 16.0 Å². The van der Waals surface area contributed by atoms with Crippen molar-refractivity contribution in [2.75, 3.05) is 0 Å². The number of ketones is 1. The molecule has 0 bridgehead atoms. The maximum absolute atomic E-state index is 13.2. The SMILES string of the molecule is Cc1ccc([C@H]2c3c(n(C)c(=O)n(C)c3=O)O[C@@H]2C(=O)c2ccccc2)cc1. The van der Waals surface area contributed by atoms with Crippen LogP contribution in [0.15, 0.2) is 64.2 Å². The van der Waals surface area contributed by atoms with Gasteiger partial charge < -0.3 is 4.74 Å². The van der Waals surface area contributed by atoms with E-state index in [1.165, 1.54) is 11.6 Å². The minimum Gasteiger partial charge on any atom is -0.466 e. The number of hydrogen-bond donors (Lipinski definition) is 0. The average Bonchev–Trinajstić information content (AvgIpc) is 3.12. The van der Waals surface area contributed by atoms with Crippen LogP contribution in [0.2, 0.25) is 0 Å². The molecule has 0 saturated heterocycles. The van der Waals surface area contributed by atoms with Gasteiger partial charge in [0.1, 0.15) is 0 Å². The third-order valence-corrected chi connectivity index (χ3v) is 5.25. The van der Waals surface area contributed by atoms with Gasteiger partial charge in [0.25, 0.3) is 5.56 Å². The molecule has 0 amide bonds. The smallest absolute Gasteiger partial charge is 0.333 e. The molecule has 2 heterocycles. The van der Waals surface area contributed by atoms with E-state index in [0.717, 1.165) is 15.7 Å². The molecule has 0 unspecified atom stereocenters. The van der Waals surface area contributed by atoms with Gasteiger partial charge in [-0.15, -0.1) is 0 Å². The minimum atomic E-state index is -0.916. The standard InChI is InChI=1S/C22H20N2O4/c1-13-9-11-14(12-10-13)16-17-20(26)23(2)22(27)24(3)21(17)28-19(16)18(25)15-7-5-4-6-8-15/h4-12,16,19H,1-3H3/t16-,19-/m0/s1. The summed E-state index contributed by atoms with van der Waals surface area (Å²) in [5, 5.41) is 0. The van der Waals surface area contributed by atoms with Crippen LogP contribution in [0.25, 0.3) is 0 Å². The lowest BCUT2D eigenvalue weighted by Gasteiger charge is -2.18. The van der Waals surface area contributed by atoms with E-state index in [1.807, 2.05) is 37.3 Å². The predicted octanol–water partition coefficient (Wildman–Crippen LogP) is 2.17. The Balaban J connectivity index is 1.94. The Hall–Kier alpha value is -3.41. The monoisotopic (exact) mass is 376 g/mol. The minimum absolute atomic E-state index is 0.160. The fraction of sp³-hybridized carbons (Fsp3) is 0.227. The summed E-state index contributed by atoms with van der Waals surface area (Å²) in [5.74, 6) is -0.654. The lowest BCUT2D eigenvalue weighted by molar-refractivity contribution is 0.0796. The van der Waals surface area contributed by atoms with E-state index >= 15 is 0 Å². The van der Waals surface area contributed by atoms with Crippen molar-refractivity contribution in [1.29, 1.82) is 0 Å². The van der Waals surface area contributed by atoms with Crippen molar-refractivity contribution in [2.24, 2.45) is 14.1 Å². The second-order valence-corrected chi connectivity index (χ2v) is 7.08. The number of ether oxygens (including phenoxy) is 1. The predicted molar refractivity (Wildman–Crippen MR) is 105 cm³/mol. The number of Topliss-reactive ketones (excluding diaryl/α,β-unsaturated/α-hetero) is 1. The van der Waals surface area contributed by atoms with E-state index in [1.54, 1.807) is 31.3 Å². The van der Waals surface area contributed by atoms with Gasteiger partial charge in [-0.05, 0) is 12.5 Å². The topological polar surface area (TPSA) is 70.3 Å². The number of hydrogen-bond acceptors (Lipinski definition) is 4. The molecule has 2 aromatic carbocycles. The van der Waals surface area contributed by atoms with Crippen molar-refractivity contribution in [1.82, 2.24) is 9.13 Å². The third-order valence-electron chi connectivity index (χ3n) is 5.25. The van der Waals surface area contributed by atoms with Crippen molar-refractivity contribution in [3.8, 4) is 5.88 Å². The Kier molecular flexibility index (Phi) is 4.26. The zero-order chi connectivity index (χ0) is 20.0. The van der Waals surface area contributed by atoms with Gasteiger partial charge in [-0.3, -0.25) is 18.7 Å². The Labute approximate surface area is 161 Å². The molecule has 0 spiro atoms. The van der Waals surface area contributed by atoms with Crippen LogP contribution in [0.4, 0.5) is 0 Å². The first kappa shape index (κ1) is 18.0. The first-order valence-electron chi connectivity index (χ1n) is 9.02. The number of carbonyl (C=O) groups is 1. The summed E-state index contributed by atoms with van der Waals surface area (Å²) in [6.45, 7) is 1.97. The second kappa shape index (κ2) is 6.64. The Morgan fingerprint density at radius 1 is 0.929 bits per heavy atom. The molecule has 1 aliphatic heterocycles. The fourth-order valence-electron chi connectivity index (χ4n) is 3.69. The number of benzene rings is 2. The molecule has 142 valence electrons. The highest BCUT2D eigenvalue weighted by Crippen LogP contribution is 2.40. The second-order valence-electron chi connectivity index (χ2n) is 7.08. The first-order valence-corrected chi connectivity index (χ1v) is 9.02. The van der Waals surface area contributed by atoms with Crippen molar-refractivity contribution in [3.63, 3.8) is 0 Å². The molecular formula is C22H20N2O4. The van der Waals surface area contributed by atoms with Gasteiger partial charge >= 0.3 is 5.69 Å². The molecule has 4 rings (SSSR count). The molecule has 2 atom stereocenters. The third kappa shape index (κ3) is 2.69. The largest absolute Gasteiger partial charge is 0.466 e. The van der Waals surface area contributed by atoms with E-state index in [4.69, 9.17) is 4.74 Å². The molecule has 3 aromatic rings. The van der Waals surface area contributed by atoms with Crippen molar-refractivity contribution >= 4 is 5.78 Å². The van der Waals surface area contributed by atoms with Gasteiger partial charge in [0.2, 0.25) is 11.7 Å². The molecule has 0 fully saturated rings. The molecule has 0 aliphatic carbocycles. The summed E-state index contributed by atoms with van der Waals surface area (Å²) in [6.07, 6.45) is -0.916. The number of fused-ring (bicyclic) bond motifs is 1. The highest BCUT2D eigenvalue weighted by Gasteiger charge is 2.44. The summed E-state index contributed by atoms with van der Waals surface area (Å²) in [5.41, 5.74) is 1.78. The van der Waals surface area contributed by atoms with E-state index < -0.39 is 23.3 Å². The zero-order valence-corrected chi connectivity index (χ0v) is 15.9. The summed E-state index contributed by atoms with van der Waals surface area (Å²) in [6, 6.07) is 16.5. The first-order chi connectivity index (χ1) is 13.4. The molecule has 28 heavy (non-hydrogen) atoms. The summed E-state index contributed by atoms with van der Waals surface area (Å²) >= 11 is 0. The average molecular weight is 376 g/mol. The normalized spacial score (nSPS) is 17.8. The van der Waals surface area contributed by atoms with Crippen molar-refractivity contribution in [3.05, 3.63) is 97.7 Å². The van der Waals surface area contributed by atoms with Crippen LogP contribution in [-0.2, 0) is 14.1 Å². The van der Waals surface area contributed by atoms with E-state index in [2.05, 4.69) is 0 Å². The van der Waals surface area contributed by atoms with Gasteiger partial charge in [0.15, 0.2) is 6.10 Å². The highest BCUT2D eigenvalue weighted by molar-refractivity contribution is 6.01. The Morgan fingerprint density at radius 2 is 1.57 bits per heavy atom. The van der Waals surface area contributed by atoms with Crippen LogP contribution in [0.5, 0.6) is 5.88 Å². The maximum Gasteiger partial charge on any atom is 0.333 e. The van der Waals surface area contributed by atoms with Crippen LogP contribution in [0.3, 0.4) is 0 Å². The molecule has 0 saturated carbocycles. The molecule has 1 aromatic heterocycles. The van der Waals surface area contributed by atoms with Crippen LogP contribution in [-0.4, -0.2) is 21.0 Å². The van der Waals surface area contributed by atoms with Crippen molar-refractivity contribution in [2.45, 2.75) is 18.9 Å². The van der Waals surface area contributed by atoms with Gasteiger partial charge in [0, 0.05) is 19.7 Å². The van der Waals surface area contributed by atoms with Gasteiger partial charge in [-0.25, -0.2) is 4.79 Å². The molecular weight excluding hydrogens is 356 g/mol. The molecule has 0 N–H and O–H groups in total. The maximum atomic E-state index is 13.2. The zero-order valence-electron chi connectivity index (χ0n) is 15.9. The summed E-state index contributed by atoms with van der Waals surface area (Å²) in [7, 11) is 2.98. The van der Waals surface area contributed by atoms with Gasteiger partial charge in [-0.1, -0.05) is 60.2 Å². The van der Waals surface area contributed by atoms with Crippen LogP contribution >= 0.6 is 0 Å². The summed E-state index contributed by atoms with van der Waals surface area (Å²) < 4.78 is 8.31. The quantitative estimate of drug-likeness (QED) is 0.657.